The van der Waals surface area contributed by atoms with E-state index in [2.05, 4.69) is 5.10 Å². The third kappa shape index (κ3) is 3.16. The van der Waals surface area contributed by atoms with Crippen molar-refractivity contribution >= 4 is 11.7 Å². The quantitative estimate of drug-likeness (QED) is 0.645. The molecule has 8 heteroatoms. The topological polar surface area (TPSA) is 107 Å². The number of nitro groups is 1. The van der Waals surface area contributed by atoms with Gasteiger partial charge >= 0.3 is 5.97 Å². The molecule has 0 aliphatic heterocycles. The predicted molar refractivity (Wildman–Crippen MR) is 72.3 cm³/mol. The van der Waals surface area contributed by atoms with Crippen molar-refractivity contribution in [2.75, 3.05) is 0 Å². The Hall–Kier alpha value is -2.90. The number of hydrogen-bond donors (Lipinski definition) is 1. The van der Waals surface area contributed by atoms with Crippen LogP contribution in [0.4, 0.5) is 5.69 Å². The van der Waals surface area contributed by atoms with Crippen molar-refractivity contribution in [1.29, 1.82) is 0 Å². The first-order valence-electron chi connectivity index (χ1n) is 6.17. The minimum Gasteiger partial charge on any atom is -0.488 e. The fourth-order valence-corrected chi connectivity index (χ4v) is 1.82. The average Bonchev–Trinajstić information content (AvgIpc) is 2.92. The second-order valence-electron chi connectivity index (χ2n) is 4.21. The highest BCUT2D eigenvalue weighted by molar-refractivity contribution is 5.95. The first-order chi connectivity index (χ1) is 10.0. The second-order valence-corrected chi connectivity index (χ2v) is 4.21. The zero-order chi connectivity index (χ0) is 15.4. The summed E-state index contributed by atoms with van der Waals surface area (Å²) in [6.45, 7) is 2.72. The number of benzene rings is 1. The number of carboxylic acid groups (broad SMARTS) is 1. The number of hydrogen-bond acceptors (Lipinski definition) is 5. The maximum absolute atomic E-state index is 11.2. The van der Waals surface area contributed by atoms with Crippen LogP contribution in [0.15, 0.2) is 30.6 Å². The van der Waals surface area contributed by atoms with Gasteiger partial charge in [-0.05, 0) is 13.0 Å². The number of ether oxygens (including phenoxy) is 1. The number of carbonyl (C=O) groups is 1. The van der Waals surface area contributed by atoms with E-state index in [-0.39, 0.29) is 12.4 Å². The van der Waals surface area contributed by atoms with Gasteiger partial charge in [0.05, 0.1) is 11.1 Å². The van der Waals surface area contributed by atoms with E-state index in [0.717, 1.165) is 11.6 Å². The number of aromatic carboxylic acids is 1. The van der Waals surface area contributed by atoms with Crippen LogP contribution in [-0.2, 0) is 13.2 Å². The number of aromatic nitrogens is 2. The highest BCUT2D eigenvalue weighted by atomic mass is 16.6. The van der Waals surface area contributed by atoms with Crippen LogP contribution in [0.3, 0.4) is 0 Å². The molecule has 0 saturated carbocycles. The van der Waals surface area contributed by atoms with Crippen molar-refractivity contribution in [3.63, 3.8) is 0 Å². The summed E-state index contributed by atoms with van der Waals surface area (Å²) in [5.41, 5.74) is -0.200. The molecule has 0 spiro atoms. The molecule has 1 N–H and O–H groups in total. The average molecular weight is 291 g/mol. The molecule has 0 fully saturated rings. The summed E-state index contributed by atoms with van der Waals surface area (Å²) in [6, 6.07) is 3.90. The molecule has 0 radical (unpaired) electrons. The Labute approximate surface area is 119 Å². The Morgan fingerprint density at radius 1 is 1.52 bits per heavy atom. The van der Waals surface area contributed by atoms with Crippen LogP contribution in [0.5, 0.6) is 5.75 Å². The third-order valence-electron chi connectivity index (χ3n) is 2.82. The van der Waals surface area contributed by atoms with E-state index in [0.29, 0.717) is 6.54 Å². The van der Waals surface area contributed by atoms with Crippen molar-refractivity contribution in [3.05, 3.63) is 51.8 Å². The van der Waals surface area contributed by atoms with Gasteiger partial charge in [-0.2, -0.15) is 5.10 Å². The minimum absolute atomic E-state index is 0.0408. The Morgan fingerprint density at radius 3 is 2.86 bits per heavy atom. The molecule has 21 heavy (non-hydrogen) atoms. The molecule has 0 unspecified atom stereocenters. The van der Waals surface area contributed by atoms with Crippen LogP contribution in [0.2, 0.25) is 0 Å². The summed E-state index contributed by atoms with van der Waals surface area (Å²) < 4.78 is 7.09. The summed E-state index contributed by atoms with van der Waals surface area (Å²) in [5, 5.41) is 24.1. The zero-order valence-electron chi connectivity index (χ0n) is 11.2. The summed E-state index contributed by atoms with van der Waals surface area (Å²) in [4.78, 5) is 21.3. The molecule has 0 aliphatic rings. The van der Waals surface area contributed by atoms with E-state index in [1.165, 1.54) is 12.1 Å². The summed E-state index contributed by atoms with van der Waals surface area (Å²) in [5.74, 6) is -1.44. The SMILES string of the molecule is CCn1cc(COc2cccc([N+](=O)[O-])c2C(=O)O)cn1. The Bertz CT molecular complexity index is 680. The van der Waals surface area contributed by atoms with Gasteiger partial charge < -0.3 is 9.84 Å². The molecule has 1 aromatic carbocycles. The molecule has 8 nitrogen and oxygen atoms in total. The maximum atomic E-state index is 11.2. The van der Waals surface area contributed by atoms with E-state index >= 15 is 0 Å². The number of rotatable bonds is 6. The normalized spacial score (nSPS) is 10.3. The van der Waals surface area contributed by atoms with Gasteiger partial charge in [-0.3, -0.25) is 14.8 Å². The maximum Gasteiger partial charge on any atom is 0.346 e. The fraction of sp³-hybridized carbons (Fsp3) is 0.231. The summed E-state index contributed by atoms with van der Waals surface area (Å²) >= 11 is 0. The van der Waals surface area contributed by atoms with Gasteiger partial charge in [0.15, 0.2) is 5.56 Å². The van der Waals surface area contributed by atoms with Gasteiger partial charge in [-0.1, -0.05) is 6.07 Å². The molecule has 110 valence electrons. The van der Waals surface area contributed by atoms with E-state index in [4.69, 9.17) is 9.84 Å². The molecule has 0 bridgehead atoms. The van der Waals surface area contributed by atoms with Gasteiger partial charge in [-0.25, -0.2) is 4.79 Å². The zero-order valence-corrected chi connectivity index (χ0v) is 11.2. The van der Waals surface area contributed by atoms with Crippen LogP contribution >= 0.6 is 0 Å². The number of nitro benzene ring substituents is 1. The molecule has 1 aromatic heterocycles. The molecule has 2 aromatic rings. The van der Waals surface area contributed by atoms with Gasteiger partial charge in [0.1, 0.15) is 12.4 Å². The van der Waals surface area contributed by atoms with Gasteiger partial charge in [0, 0.05) is 24.4 Å². The molecular formula is C13H13N3O5. The fourth-order valence-electron chi connectivity index (χ4n) is 1.82. The Morgan fingerprint density at radius 2 is 2.29 bits per heavy atom. The van der Waals surface area contributed by atoms with Gasteiger partial charge in [0.25, 0.3) is 5.69 Å². The Balaban J connectivity index is 2.25. The first-order valence-corrected chi connectivity index (χ1v) is 6.17. The van der Waals surface area contributed by atoms with E-state index in [9.17, 15) is 14.9 Å². The highest BCUT2D eigenvalue weighted by Crippen LogP contribution is 2.28. The van der Waals surface area contributed by atoms with Crippen molar-refractivity contribution in [2.45, 2.75) is 20.1 Å². The van der Waals surface area contributed by atoms with Gasteiger partial charge in [-0.15, -0.1) is 0 Å². The van der Waals surface area contributed by atoms with Crippen LogP contribution in [-0.4, -0.2) is 25.8 Å². The lowest BCUT2D eigenvalue weighted by Crippen LogP contribution is -2.07. The minimum atomic E-state index is -1.40. The smallest absolute Gasteiger partial charge is 0.346 e. The van der Waals surface area contributed by atoms with E-state index in [1.807, 2.05) is 6.92 Å². The summed E-state index contributed by atoms with van der Waals surface area (Å²) in [6.07, 6.45) is 3.36. The Kier molecular flexibility index (Phi) is 4.17. The molecule has 2 rings (SSSR count). The molecule has 0 atom stereocenters. The predicted octanol–water partition coefficient (Wildman–Crippen LogP) is 2.09. The monoisotopic (exact) mass is 291 g/mol. The number of carboxylic acids is 1. The van der Waals surface area contributed by atoms with E-state index in [1.54, 1.807) is 17.1 Å². The molecule has 1 heterocycles. The van der Waals surface area contributed by atoms with Crippen molar-refractivity contribution < 1.29 is 19.6 Å². The standard InChI is InChI=1S/C13H13N3O5/c1-2-15-7-9(6-14-15)8-21-11-5-3-4-10(16(19)20)12(11)13(17)18/h3-7H,2,8H2,1H3,(H,17,18). The molecule has 0 saturated heterocycles. The lowest BCUT2D eigenvalue weighted by molar-refractivity contribution is -0.385. The van der Waals surface area contributed by atoms with E-state index < -0.39 is 22.1 Å². The van der Waals surface area contributed by atoms with Gasteiger partial charge in [0.2, 0.25) is 0 Å². The number of nitrogens with zero attached hydrogens (tertiary/aromatic N) is 3. The summed E-state index contributed by atoms with van der Waals surface area (Å²) in [7, 11) is 0. The van der Waals surface area contributed by atoms with Crippen LogP contribution in [0.1, 0.15) is 22.8 Å². The van der Waals surface area contributed by atoms with Crippen LogP contribution in [0, 0.1) is 10.1 Å². The van der Waals surface area contributed by atoms with Crippen molar-refractivity contribution in [3.8, 4) is 5.75 Å². The largest absolute Gasteiger partial charge is 0.488 e. The third-order valence-corrected chi connectivity index (χ3v) is 2.82. The lowest BCUT2D eigenvalue weighted by atomic mass is 10.1. The van der Waals surface area contributed by atoms with Crippen LogP contribution in [0.25, 0.3) is 0 Å². The molecule has 0 aliphatic carbocycles. The number of aryl methyl sites for hydroxylation is 1. The molecular weight excluding hydrogens is 278 g/mol. The van der Waals surface area contributed by atoms with Crippen molar-refractivity contribution in [2.24, 2.45) is 0 Å². The van der Waals surface area contributed by atoms with Crippen LogP contribution < -0.4 is 4.74 Å². The second kappa shape index (κ2) is 6.04. The molecule has 0 amide bonds. The lowest BCUT2D eigenvalue weighted by Gasteiger charge is -2.08. The highest BCUT2D eigenvalue weighted by Gasteiger charge is 2.24. The first kappa shape index (κ1) is 14.5. The van der Waals surface area contributed by atoms with Crippen molar-refractivity contribution in [1.82, 2.24) is 9.78 Å².